The Labute approximate surface area is 269 Å². The molecule has 1 aromatic rings. The summed E-state index contributed by atoms with van der Waals surface area (Å²) in [4.78, 5) is 59.3. The van der Waals surface area contributed by atoms with Gasteiger partial charge in [-0.25, -0.2) is 0 Å². The number of carboxylic acid groups (broad SMARTS) is 2. The second-order valence-corrected chi connectivity index (χ2v) is 14.7. The van der Waals surface area contributed by atoms with Crippen LogP contribution < -0.4 is 0 Å². The molecule has 2 unspecified atom stereocenters. The molecule has 0 saturated carbocycles. The van der Waals surface area contributed by atoms with E-state index in [1.807, 2.05) is 11.9 Å². The van der Waals surface area contributed by atoms with E-state index in [9.17, 15) is 46.2 Å². The van der Waals surface area contributed by atoms with Gasteiger partial charge in [0.2, 0.25) is 0 Å². The molecule has 0 fully saturated rings. The van der Waals surface area contributed by atoms with Crippen molar-refractivity contribution in [1.29, 1.82) is 0 Å². The van der Waals surface area contributed by atoms with Gasteiger partial charge < -0.3 is 15.1 Å². The third-order valence-corrected chi connectivity index (χ3v) is 9.30. The predicted octanol–water partition coefficient (Wildman–Crippen LogP) is 0.572. The van der Waals surface area contributed by atoms with Crippen LogP contribution in [0, 0.1) is 0 Å². The number of carbonyl (C=O) groups excluding carboxylic acids is 2. The van der Waals surface area contributed by atoms with E-state index < -0.39 is 55.8 Å². The van der Waals surface area contributed by atoms with Crippen molar-refractivity contribution < 1.29 is 55.3 Å². The summed E-state index contributed by atoms with van der Waals surface area (Å²) in [7, 11) is -6.58. The van der Waals surface area contributed by atoms with Crippen LogP contribution in [0.15, 0.2) is 18.2 Å². The minimum atomic E-state index is -4.19. The van der Waals surface area contributed by atoms with E-state index >= 15 is 0 Å². The number of rotatable bonds is 18. The lowest BCUT2D eigenvalue weighted by atomic mass is 10.0. The summed E-state index contributed by atoms with van der Waals surface area (Å²) in [6.45, 7) is 1.66. The van der Waals surface area contributed by atoms with Crippen LogP contribution in [0.25, 0.3) is 0 Å². The molecule has 0 saturated heterocycles. The van der Waals surface area contributed by atoms with Crippen LogP contribution in [-0.4, -0.2) is 136 Å². The average molecular weight is 693 g/mol. The molecule has 2 rings (SSSR count). The number of Topliss-reactive ketones (excluding diaryl/α,β-unsaturated/α-hetero) is 2. The molecule has 0 aliphatic carbocycles. The SMILES string of the molecule is CN1CCN(C(CCC(=O)CCCS(=O)(=O)O)C(=O)O)Cc2cccc(n2)CN(C(CCC(=O)CCCS(=O)(=O)O)C(=O)O)CC1. The molecule has 4 N–H and O–H groups in total. The summed E-state index contributed by atoms with van der Waals surface area (Å²) in [6.07, 6.45) is -0.518. The Kier molecular flexibility index (Phi) is 15.8. The van der Waals surface area contributed by atoms with Crippen LogP contribution >= 0.6 is 0 Å². The number of likely N-dealkylation sites (N-methyl/N-ethyl adjacent to an activating group) is 1. The van der Waals surface area contributed by atoms with Gasteiger partial charge in [-0.1, -0.05) is 6.07 Å². The van der Waals surface area contributed by atoms with Crippen molar-refractivity contribution in [2.24, 2.45) is 0 Å². The van der Waals surface area contributed by atoms with Gasteiger partial charge in [0.05, 0.1) is 22.9 Å². The zero-order valence-corrected chi connectivity index (χ0v) is 27.5. The molecule has 16 nitrogen and oxygen atoms in total. The Morgan fingerprint density at radius 3 is 1.46 bits per heavy atom. The van der Waals surface area contributed by atoms with E-state index in [4.69, 9.17) is 9.11 Å². The lowest BCUT2D eigenvalue weighted by Gasteiger charge is -2.33. The van der Waals surface area contributed by atoms with Gasteiger partial charge in [-0.15, -0.1) is 0 Å². The zero-order chi connectivity index (χ0) is 34.5. The normalized spacial score (nSPS) is 17.4. The monoisotopic (exact) mass is 692 g/mol. The Hall–Kier alpha value is -2.87. The molecule has 46 heavy (non-hydrogen) atoms. The van der Waals surface area contributed by atoms with Crippen LogP contribution in [0.3, 0.4) is 0 Å². The van der Waals surface area contributed by atoms with Crippen LogP contribution in [-0.2, 0) is 52.5 Å². The smallest absolute Gasteiger partial charge is 0.320 e. The molecule has 1 aromatic heterocycles. The highest BCUT2D eigenvalue weighted by molar-refractivity contribution is 7.86. The van der Waals surface area contributed by atoms with E-state index in [1.54, 1.807) is 28.0 Å². The van der Waals surface area contributed by atoms with Gasteiger partial charge in [0.25, 0.3) is 20.2 Å². The van der Waals surface area contributed by atoms with Crippen molar-refractivity contribution in [1.82, 2.24) is 19.7 Å². The fourth-order valence-corrected chi connectivity index (χ4v) is 6.21. The molecule has 2 bridgehead atoms. The topological polar surface area (TPSA) is 240 Å². The lowest BCUT2D eigenvalue weighted by Crippen LogP contribution is -2.47. The molecule has 0 amide bonds. The molecule has 18 heteroatoms. The van der Waals surface area contributed by atoms with Crippen LogP contribution in [0.1, 0.15) is 62.8 Å². The van der Waals surface area contributed by atoms with Crippen LogP contribution in [0.2, 0.25) is 0 Å². The van der Waals surface area contributed by atoms with Crippen molar-refractivity contribution in [2.75, 3.05) is 44.7 Å². The number of hydrogen-bond donors (Lipinski definition) is 4. The van der Waals surface area contributed by atoms with E-state index in [2.05, 4.69) is 4.98 Å². The fraction of sp³-hybridized carbons (Fsp3) is 0.679. The van der Waals surface area contributed by atoms with Crippen molar-refractivity contribution in [2.45, 2.75) is 76.5 Å². The minimum Gasteiger partial charge on any atom is -0.480 e. The third-order valence-electron chi connectivity index (χ3n) is 7.69. The molecular formula is C28H44N4O12S2. The lowest BCUT2D eigenvalue weighted by molar-refractivity contribution is -0.145. The Bertz CT molecular complexity index is 1320. The summed E-state index contributed by atoms with van der Waals surface area (Å²) in [5, 5.41) is 20.1. The fourth-order valence-electron chi connectivity index (χ4n) is 5.20. The Morgan fingerprint density at radius 2 is 1.11 bits per heavy atom. The molecule has 2 atom stereocenters. The molecule has 1 aliphatic heterocycles. The summed E-state index contributed by atoms with van der Waals surface area (Å²) >= 11 is 0. The van der Waals surface area contributed by atoms with E-state index in [0.717, 1.165) is 0 Å². The van der Waals surface area contributed by atoms with Crippen LogP contribution in [0.5, 0.6) is 0 Å². The highest BCUT2D eigenvalue weighted by Crippen LogP contribution is 2.18. The predicted molar refractivity (Wildman–Crippen MR) is 165 cm³/mol. The number of ketones is 2. The number of pyridine rings is 1. The standard InChI is InChI=1S/C28H44N4O12S2/c1-30-13-15-31(25(27(35)36)11-9-23(33)7-3-17-45(39,40)41)19-21-5-2-6-22(29-21)20-32(16-14-30)26(28(37)38)12-10-24(34)8-4-18-46(42,43)44/h2,5-6,25-26H,3-4,7-20H2,1H3,(H,35,36)(H,37,38)(H,39,40,41)(H,42,43,44). The first-order chi connectivity index (χ1) is 21.4. The summed E-state index contributed by atoms with van der Waals surface area (Å²) in [5.74, 6) is -3.98. The third kappa shape index (κ3) is 15.6. The van der Waals surface area contributed by atoms with Gasteiger partial charge in [-0.3, -0.25) is 43.1 Å². The number of nitrogens with zero attached hydrogens (tertiary/aromatic N) is 4. The largest absolute Gasteiger partial charge is 0.480 e. The van der Waals surface area contributed by atoms with Crippen molar-refractivity contribution in [3.63, 3.8) is 0 Å². The maximum absolute atomic E-state index is 12.3. The Balaban J connectivity index is 2.17. The van der Waals surface area contributed by atoms with Gasteiger partial charge >= 0.3 is 11.9 Å². The second kappa shape index (κ2) is 18.5. The van der Waals surface area contributed by atoms with E-state index in [-0.39, 0.29) is 89.1 Å². The number of aliphatic carboxylic acids is 2. The van der Waals surface area contributed by atoms with E-state index in [0.29, 0.717) is 24.5 Å². The number of carbonyl (C=O) groups is 4. The summed E-state index contributed by atoms with van der Waals surface area (Å²) in [5.41, 5.74) is 1.07. The van der Waals surface area contributed by atoms with Gasteiger partial charge in [-0.05, 0) is 44.9 Å². The number of hydrogen-bond acceptors (Lipinski definition) is 12. The van der Waals surface area contributed by atoms with Gasteiger partial charge in [0.1, 0.15) is 23.7 Å². The highest BCUT2D eigenvalue weighted by atomic mass is 32.2. The molecule has 0 aromatic carbocycles. The molecule has 0 spiro atoms. The molecular weight excluding hydrogens is 648 g/mol. The minimum absolute atomic E-state index is 0.00789. The summed E-state index contributed by atoms with van der Waals surface area (Å²) < 4.78 is 61.4. The van der Waals surface area contributed by atoms with Crippen molar-refractivity contribution in [3.05, 3.63) is 29.6 Å². The molecule has 0 radical (unpaired) electrons. The van der Waals surface area contributed by atoms with Crippen molar-refractivity contribution in [3.8, 4) is 0 Å². The first-order valence-electron chi connectivity index (χ1n) is 14.9. The number of aromatic nitrogens is 1. The molecule has 1 aliphatic rings. The highest BCUT2D eigenvalue weighted by Gasteiger charge is 2.30. The maximum Gasteiger partial charge on any atom is 0.320 e. The zero-order valence-electron chi connectivity index (χ0n) is 25.9. The first-order valence-corrected chi connectivity index (χ1v) is 18.2. The molecule has 260 valence electrons. The Morgan fingerprint density at radius 1 is 0.717 bits per heavy atom. The van der Waals surface area contributed by atoms with Crippen molar-refractivity contribution >= 4 is 43.7 Å². The summed E-state index contributed by atoms with van der Waals surface area (Å²) in [6, 6.07) is 3.10. The quantitative estimate of drug-likeness (QED) is 0.154. The number of carboxylic acids is 2. The average Bonchev–Trinajstić information content (AvgIpc) is 2.92. The second-order valence-electron chi connectivity index (χ2n) is 11.5. The van der Waals surface area contributed by atoms with Gasteiger partial charge in [0.15, 0.2) is 0 Å². The maximum atomic E-state index is 12.3. The first kappa shape index (κ1) is 39.3. The van der Waals surface area contributed by atoms with Gasteiger partial charge in [0, 0.05) is 65.0 Å². The number of fused-ring (bicyclic) bond motifs is 2. The van der Waals surface area contributed by atoms with Crippen LogP contribution in [0.4, 0.5) is 0 Å². The molecule has 2 heterocycles. The van der Waals surface area contributed by atoms with Gasteiger partial charge in [-0.2, -0.15) is 16.8 Å². The van der Waals surface area contributed by atoms with E-state index in [1.165, 1.54) is 0 Å².